The molecule has 1 atom stereocenters. The Hall–Kier alpha value is -1.30. The quantitative estimate of drug-likeness (QED) is 0.834. The summed E-state index contributed by atoms with van der Waals surface area (Å²) in [6, 6.07) is 8.18. The highest BCUT2D eigenvalue weighted by Gasteiger charge is 2.53. The molecule has 1 aliphatic rings. The molecule has 21 heavy (non-hydrogen) atoms. The van der Waals surface area contributed by atoms with Gasteiger partial charge < -0.3 is 20.0 Å². The van der Waals surface area contributed by atoms with E-state index in [0.29, 0.717) is 0 Å². The molecule has 3 rings (SSSR count). The van der Waals surface area contributed by atoms with Gasteiger partial charge in [0.05, 0.1) is 17.1 Å². The zero-order chi connectivity index (χ0) is 15.4. The minimum absolute atomic E-state index is 0.317. The van der Waals surface area contributed by atoms with Crippen molar-refractivity contribution in [2.75, 3.05) is 0 Å². The van der Waals surface area contributed by atoms with Crippen molar-refractivity contribution in [1.29, 1.82) is 0 Å². The summed E-state index contributed by atoms with van der Waals surface area (Å²) < 4.78 is 12.2. The monoisotopic (exact) mass is 286 g/mol. The van der Waals surface area contributed by atoms with Crippen molar-refractivity contribution >= 4 is 18.0 Å². The lowest BCUT2D eigenvalue weighted by Gasteiger charge is -2.32. The van der Waals surface area contributed by atoms with E-state index in [2.05, 4.69) is 17.1 Å². The molecule has 2 aromatic rings. The predicted molar refractivity (Wildman–Crippen MR) is 86.0 cm³/mol. The summed E-state index contributed by atoms with van der Waals surface area (Å²) in [5.41, 5.74) is 8.99. The Labute approximate surface area is 126 Å². The molecule has 0 amide bonds. The van der Waals surface area contributed by atoms with Crippen molar-refractivity contribution in [3.63, 3.8) is 0 Å². The van der Waals surface area contributed by atoms with Gasteiger partial charge in [-0.2, -0.15) is 0 Å². The summed E-state index contributed by atoms with van der Waals surface area (Å²) in [5.74, 6) is -0.317. The molecule has 0 unspecified atom stereocenters. The third kappa shape index (κ3) is 2.20. The summed E-state index contributed by atoms with van der Waals surface area (Å²) in [7, 11) is -0.437. The molecule has 2 heterocycles. The molecule has 112 valence electrons. The molecule has 4 nitrogen and oxygen atoms in total. The molecule has 1 saturated heterocycles. The minimum Gasteiger partial charge on any atom is -0.402 e. The Kier molecular flexibility index (Phi) is 3.21. The third-order valence-corrected chi connectivity index (χ3v) is 4.84. The van der Waals surface area contributed by atoms with Crippen LogP contribution >= 0.6 is 0 Å². The lowest BCUT2D eigenvalue weighted by Crippen LogP contribution is -2.41. The van der Waals surface area contributed by atoms with E-state index < -0.39 is 7.12 Å². The molecule has 0 saturated carbocycles. The van der Waals surface area contributed by atoms with E-state index in [9.17, 15) is 0 Å². The lowest BCUT2D eigenvalue weighted by molar-refractivity contribution is 0.00578. The second kappa shape index (κ2) is 4.60. The van der Waals surface area contributed by atoms with Gasteiger partial charge in [-0.25, -0.2) is 0 Å². The number of aryl methyl sites for hydroxylation is 1. The second-order valence-electron chi connectivity index (χ2n) is 6.86. The smallest absolute Gasteiger partial charge is 0.402 e. The SMILES string of the molecule is Cc1[nH]c2ccccc2c1[C@@H](N)B1OC(C)(C)C(C)(C)O1. The molecule has 1 aromatic carbocycles. The number of H-pyrrole nitrogens is 1. The van der Waals surface area contributed by atoms with Gasteiger partial charge in [-0.3, -0.25) is 0 Å². The fourth-order valence-corrected chi connectivity index (χ4v) is 2.90. The van der Waals surface area contributed by atoms with Crippen molar-refractivity contribution in [2.45, 2.75) is 51.8 Å². The van der Waals surface area contributed by atoms with E-state index in [4.69, 9.17) is 15.0 Å². The number of para-hydroxylation sites is 1. The van der Waals surface area contributed by atoms with E-state index in [1.54, 1.807) is 0 Å². The van der Waals surface area contributed by atoms with Crippen LogP contribution in [0.25, 0.3) is 10.9 Å². The molecular weight excluding hydrogens is 263 g/mol. The first kappa shape index (κ1) is 14.6. The van der Waals surface area contributed by atoms with Crippen molar-refractivity contribution < 1.29 is 9.31 Å². The van der Waals surface area contributed by atoms with E-state index in [1.165, 1.54) is 0 Å². The molecule has 5 heteroatoms. The topological polar surface area (TPSA) is 60.3 Å². The highest BCUT2D eigenvalue weighted by Crippen LogP contribution is 2.41. The largest absolute Gasteiger partial charge is 0.480 e. The highest BCUT2D eigenvalue weighted by atomic mass is 16.7. The summed E-state index contributed by atoms with van der Waals surface area (Å²) in [5, 5.41) is 1.14. The van der Waals surface area contributed by atoms with E-state index in [-0.39, 0.29) is 17.1 Å². The maximum absolute atomic E-state index is 6.48. The highest BCUT2D eigenvalue weighted by molar-refractivity contribution is 6.47. The fraction of sp³-hybridized carbons (Fsp3) is 0.500. The molecule has 3 N–H and O–H groups in total. The van der Waals surface area contributed by atoms with Crippen LogP contribution in [0.15, 0.2) is 24.3 Å². The van der Waals surface area contributed by atoms with Gasteiger partial charge in [-0.15, -0.1) is 0 Å². The van der Waals surface area contributed by atoms with Crippen LogP contribution in [0.4, 0.5) is 0 Å². The van der Waals surface area contributed by atoms with Gasteiger partial charge in [0.1, 0.15) is 0 Å². The molecule has 0 spiro atoms. The first-order valence-corrected chi connectivity index (χ1v) is 7.41. The van der Waals surface area contributed by atoms with Crippen LogP contribution in [0.3, 0.4) is 0 Å². The number of nitrogens with two attached hydrogens (primary N) is 1. The van der Waals surface area contributed by atoms with Gasteiger partial charge in [0.15, 0.2) is 0 Å². The van der Waals surface area contributed by atoms with Crippen LogP contribution in [0.2, 0.25) is 0 Å². The Morgan fingerprint density at radius 2 is 1.67 bits per heavy atom. The Bertz CT molecular complexity index is 662. The summed E-state index contributed by atoms with van der Waals surface area (Å²) in [6.45, 7) is 10.2. The van der Waals surface area contributed by atoms with Crippen LogP contribution in [-0.4, -0.2) is 23.3 Å². The molecule has 1 aliphatic heterocycles. The Morgan fingerprint density at radius 1 is 1.10 bits per heavy atom. The molecule has 0 radical (unpaired) electrons. The van der Waals surface area contributed by atoms with Crippen LogP contribution in [-0.2, 0) is 9.31 Å². The van der Waals surface area contributed by atoms with Gasteiger partial charge in [0.25, 0.3) is 0 Å². The van der Waals surface area contributed by atoms with Gasteiger partial charge in [0.2, 0.25) is 0 Å². The maximum atomic E-state index is 6.48. The molecule has 0 aliphatic carbocycles. The predicted octanol–water partition coefficient (Wildman–Crippen LogP) is 3.11. The van der Waals surface area contributed by atoms with Crippen LogP contribution in [0.5, 0.6) is 0 Å². The first-order chi connectivity index (χ1) is 9.73. The van der Waals surface area contributed by atoms with Crippen molar-refractivity contribution in [3.05, 3.63) is 35.5 Å². The zero-order valence-electron chi connectivity index (χ0n) is 13.4. The van der Waals surface area contributed by atoms with E-state index >= 15 is 0 Å². The third-order valence-electron chi connectivity index (χ3n) is 4.84. The van der Waals surface area contributed by atoms with Crippen LogP contribution in [0, 0.1) is 6.92 Å². The van der Waals surface area contributed by atoms with Crippen LogP contribution in [0.1, 0.15) is 44.9 Å². The van der Waals surface area contributed by atoms with E-state index in [0.717, 1.165) is 22.2 Å². The summed E-state index contributed by atoms with van der Waals surface area (Å²) in [6.07, 6.45) is 0. The second-order valence-corrected chi connectivity index (χ2v) is 6.86. The molecule has 1 fully saturated rings. The van der Waals surface area contributed by atoms with Gasteiger partial charge >= 0.3 is 7.12 Å². The molecule has 1 aromatic heterocycles. The fourth-order valence-electron chi connectivity index (χ4n) is 2.90. The lowest BCUT2D eigenvalue weighted by atomic mass is 9.74. The Balaban J connectivity index is 1.99. The number of aromatic amines is 1. The van der Waals surface area contributed by atoms with Gasteiger partial charge in [0, 0.05) is 16.6 Å². The Morgan fingerprint density at radius 3 is 2.29 bits per heavy atom. The number of hydrogen-bond acceptors (Lipinski definition) is 3. The minimum atomic E-state index is -0.437. The van der Waals surface area contributed by atoms with Crippen molar-refractivity contribution in [3.8, 4) is 0 Å². The van der Waals surface area contributed by atoms with Crippen molar-refractivity contribution in [2.24, 2.45) is 5.73 Å². The number of fused-ring (bicyclic) bond motifs is 1. The summed E-state index contributed by atoms with van der Waals surface area (Å²) >= 11 is 0. The number of hydrogen-bond donors (Lipinski definition) is 2. The maximum Gasteiger partial charge on any atom is 0.480 e. The average molecular weight is 286 g/mol. The van der Waals surface area contributed by atoms with Crippen molar-refractivity contribution in [1.82, 2.24) is 4.98 Å². The summed E-state index contributed by atoms with van der Waals surface area (Å²) in [4.78, 5) is 3.38. The van der Waals surface area contributed by atoms with Gasteiger partial charge in [-0.05, 0) is 46.2 Å². The van der Waals surface area contributed by atoms with Crippen LogP contribution < -0.4 is 5.73 Å². The standard InChI is InChI=1S/C16H23BN2O2/c1-10-13(11-8-6-7-9-12(11)19-10)14(18)17-20-15(2,3)16(4,5)21-17/h6-9,14,19H,18H2,1-5H3/t14-/m1/s1. The number of aromatic nitrogens is 1. The number of rotatable bonds is 2. The normalized spacial score (nSPS) is 21.9. The molecule has 0 bridgehead atoms. The zero-order valence-corrected chi connectivity index (χ0v) is 13.4. The number of nitrogens with one attached hydrogen (secondary N) is 1. The molecular formula is C16H23BN2O2. The van der Waals surface area contributed by atoms with Gasteiger partial charge in [-0.1, -0.05) is 18.2 Å². The van der Waals surface area contributed by atoms with E-state index in [1.807, 2.05) is 46.8 Å². The average Bonchev–Trinajstić information content (AvgIpc) is 2.82. The first-order valence-electron chi connectivity index (χ1n) is 7.41. The number of benzene rings is 1.